The normalized spacial score (nSPS) is 11.4. The van der Waals surface area contributed by atoms with Crippen molar-refractivity contribution in [2.24, 2.45) is 0 Å². The van der Waals surface area contributed by atoms with Gasteiger partial charge >= 0.3 is 0 Å². The van der Waals surface area contributed by atoms with Gasteiger partial charge in [0, 0.05) is 30.7 Å². The molecule has 6 aromatic rings. The molecule has 1 nitrogen and oxygen atoms in total. The summed E-state index contributed by atoms with van der Waals surface area (Å²) in [6, 6.07) is 33.9. The summed E-state index contributed by atoms with van der Waals surface area (Å²) in [4.78, 5) is 5.20. The van der Waals surface area contributed by atoms with Crippen LogP contribution in [0.15, 0.2) is 102 Å². The lowest BCUT2D eigenvalue weighted by atomic mass is 9.94. The fraction of sp³-hybridized carbons (Fsp3) is 0.0333. The highest BCUT2D eigenvalue weighted by atomic mass is 79.9. The summed E-state index contributed by atoms with van der Waals surface area (Å²) in [7, 11) is 0. The Morgan fingerprint density at radius 3 is 2.18 bits per heavy atom. The predicted molar refractivity (Wildman–Crippen MR) is 151 cm³/mol. The van der Waals surface area contributed by atoms with Crippen LogP contribution >= 0.6 is 38.9 Å². The van der Waals surface area contributed by atoms with Crippen LogP contribution in [0.3, 0.4) is 0 Å². The van der Waals surface area contributed by atoms with Crippen LogP contribution in [0.5, 0.6) is 0 Å². The first-order valence-corrected chi connectivity index (χ1v) is 13.0. The highest BCUT2D eigenvalue weighted by Crippen LogP contribution is 2.44. The lowest BCUT2D eigenvalue weighted by Gasteiger charge is -2.14. The maximum Gasteiger partial charge on any atom is 0.0902 e. The molecule has 0 saturated carbocycles. The highest BCUT2D eigenvalue weighted by Gasteiger charge is 2.19. The number of thiophene rings is 1. The van der Waals surface area contributed by atoms with E-state index in [1.54, 1.807) is 0 Å². The van der Waals surface area contributed by atoms with E-state index in [4.69, 9.17) is 16.6 Å². The van der Waals surface area contributed by atoms with Crippen molar-refractivity contribution < 1.29 is 0 Å². The van der Waals surface area contributed by atoms with Gasteiger partial charge in [-0.05, 0) is 53.4 Å². The SMILES string of the molecule is Cc1c(-c2cc(Cl)cc(Br)c2)nc2c(sc3ccccc32)c1-c1ccc(-c2ccccc2)cc1. The van der Waals surface area contributed by atoms with E-state index in [1.165, 1.54) is 37.0 Å². The van der Waals surface area contributed by atoms with Crippen LogP contribution in [0, 0.1) is 6.92 Å². The highest BCUT2D eigenvalue weighted by molar-refractivity contribution is 9.10. The van der Waals surface area contributed by atoms with Gasteiger partial charge in [0.05, 0.1) is 15.9 Å². The quantitative estimate of drug-likeness (QED) is 0.217. The Kier molecular flexibility index (Phi) is 5.49. The van der Waals surface area contributed by atoms with Crippen molar-refractivity contribution in [3.63, 3.8) is 0 Å². The van der Waals surface area contributed by atoms with E-state index in [-0.39, 0.29) is 0 Å². The minimum Gasteiger partial charge on any atom is -0.246 e. The van der Waals surface area contributed by atoms with E-state index in [1.807, 2.05) is 29.5 Å². The molecule has 2 heterocycles. The molecule has 0 atom stereocenters. The van der Waals surface area contributed by atoms with Crippen LogP contribution in [0.25, 0.3) is 53.8 Å². The second-order valence-electron chi connectivity index (χ2n) is 8.34. The third-order valence-corrected chi connectivity index (χ3v) is 8.02. The van der Waals surface area contributed by atoms with Crippen LogP contribution in [-0.2, 0) is 0 Å². The summed E-state index contributed by atoms with van der Waals surface area (Å²) in [6.45, 7) is 2.17. The van der Waals surface area contributed by atoms with E-state index in [2.05, 4.69) is 102 Å². The second kappa shape index (κ2) is 8.66. The minimum absolute atomic E-state index is 0.689. The number of aromatic nitrogens is 1. The molecule has 0 spiro atoms. The maximum atomic E-state index is 6.42. The number of benzene rings is 4. The molecule has 4 aromatic carbocycles. The average Bonchev–Trinajstić information content (AvgIpc) is 3.22. The molecular formula is C30H19BrClNS. The first-order chi connectivity index (χ1) is 16.6. The first kappa shape index (κ1) is 21.5. The van der Waals surface area contributed by atoms with Gasteiger partial charge in [-0.25, -0.2) is 4.98 Å². The Labute approximate surface area is 215 Å². The Balaban J connectivity index is 1.63. The van der Waals surface area contributed by atoms with Crippen molar-refractivity contribution in [1.82, 2.24) is 4.98 Å². The van der Waals surface area contributed by atoms with Crippen LogP contribution in [0.2, 0.25) is 5.02 Å². The van der Waals surface area contributed by atoms with Gasteiger partial charge in [-0.1, -0.05) is 100 Å². The van der Waals surface area contributed by atoms with Gasteiger partial charge in [0.15, 0.2) is 0 Å². The standard InChI is InChI=1S/C30H19BrClNS/c1-18-27(21-13-11-20(12-14-21)19-7-3-2-4-8-19)30-29(25-9-5-6-10-26(25)34-30)33-28(18)22-15-23(31)17-24(32)16-22/h2-17H,1H3. The number of hydrogen-bond donors (Lipinski definition) is 0. The number of halogens is 2. The fourth-order valence-corrected chi connectivity index (χ4v) is 6.70. The molecule has 164 valence electrons. The van der Waals surface area contributed by atoms with E-state index in [9.17, 15) is 0 Å². The number of hydrogen-bond acceptors (Lipinski definition) is 2. The summed E-state index contributed by atoms with van der Waals surface area (Å²) in [6.07, 6.45) is 0. The Morgan fingerprint density at radius 2 is 1.41 bits per heavy atom. The molecular weight excluding hydrogens is 522 g/mol. The molecule has 0 unspecified atom stereocenters. The number of fused-ring (bicyclic) bond motifs is 3. The molecule has 0 bridgehead atoms. The molecule has 0 amide bonds. The van der Waals surface area contributed by atoms with Crippen molar-refractivity contribution in [3.8, 4) is 33.5 Å². The van der Waals surface area contributed by atoms with Gasteiger partial charge in [-0.3, -0.25) is 0 Å². The summed E-state index contributed by atoms with van der Waals surface area (Å²) in [5.41, 5.74) is 9.02. The summed E-state index contributed by atoms with van der Waals surface area (Å²) in [5.74, 6) is 0. The van der Waals surface area contributed by atoms with Gasteiger partial charge in [0.2, 0.25) is 0 Å². The van der Waals surface area contributed by atoms with E-state index in [0.717, 1.165) is 26.8 Å². The van der Waals surface area contributed by atoms with Crippen LogP contribution in [0.4, 0.5) is 0 Å². The monoisotopic (exact) mass is 539 g/mol. The molecule has 4 heteroatoms. The van der Waals surface area contributed by atoms with E-state index in [0.29, 0.717) is 5.02 Å². The maximum absolute atomic E-state index is 6.42. The summed E-state index contributed by atoms with van der Waals surface area (Å²) in [5, 5.41) is 1.88. The van der Waals surface area contributed by atoms with Gasteiger partial charge in [-0.15, -0.1) is 11.3 Å². The van der Waals surface area contributed by atoms with Crippen molar-refractivity contribution >= 4 is 59.2 Å². The van der Waals surface area contributed by atoms with Crippen molar-refractivity contribution in [2.75, 3.05) is 0 Å². The second-order valence-corrected chi connectivity index (χ2v) is 10.7. The van der Waals surface area contributed by atoms with Gasteiger partial charge < -0.3 is 0 Å². The van der Waals surface area contributed by atoms with E-state index >= 15 is 0 Å². The number of rotatable bonds is 3. The van der Waals surface area contributed by atoms with Crippen molar-refractivity contribution in [3.05, 3.63) is 112 Å². The molecule has 34 heavy (non-hydrogen) atoms. The Hall–Kier alpha value is -2.98. The lowest BCUT2D eigenvalue weighted by molar-refractivity contribution is 1.34. The Bertz CT molecular complexity index is 1650. The molecule has 0 aliphatic rings. The lowest BCUT2D eigenvalue weighted by Crippen LogP contribution is -1.94. The van der Waals surface area contributed by atoms with Gasteiger partial charge in [0.1, 0.15) is 0 Å². The fourth-order valence-electron chi connectivity index (χ4n) is 4.58. The first-order valence-electron chi connectivity index (χ1n) is 11.0. The topological polar surface area (TPSA) is 12.9 Å². The van der Waals surface area contributed by atoms with Crippen LogP contribution < -0.4 is 0 Å². The van der Waals surface area contributed by atoms with Crippen LogP contribution in [-0.4, -0.2) is 4.98 Å². The van der Waals surface area contributed by atoms with Crippen molar-refractivity contribution in [1.29, 1.82) is 0 Å². The van der Waals surface area contributed by atoms with Crippen molar-refractivity contribution in [2.45, 2.75) is 6.92 Å². The number of pyridine rings is 1. The molecule has 2 aromatic heterocycles. The minimum atomic E-state index is 0.689. The molecule has 6 rings (SSSR count). The smallest absolute Gasteiger partial charge is 0.0902 e. The average molecular weight is 541 g/mol. The predicted octanol–water partition coefficient (Wildman–Crippen LogP) is 10.2. The largest absolute Gasteiger partial charge is 0.246 e. The zero-order valence-corrected chi connectivity index (χ0v) is 21.5. The van der Waals surface area contributed by atoms with Crippen LogP contribution in [0.1, 0.15) is 5.56 Å². The van der Waals surface area contributed by atoms with E-state index < -0.39 is 0 Å². The van der Waals surface area contributed by atoms with Gasteiger partial charge in [0.25, 0.3) is 0 Å². The third kappa shape index (κ3) is 3.74. The molecule has 0 aliphatic heterocycles. The van der Waals surface area contributed by atoms with Gasteiger partial charge in [-0.2, -0.15) is 0 Å². The number of nitrogens with zero attached hydrogens (tertiary/aromatic N) is 1. The summed E-state index contributed by atoms with van der Waals surface area (Å²) < 4.78 is 3.41. The molecule has 0 radical (unpaired) electrons. The third-order valence-electron chi connectivity index (χ3n) is 6.17. The zero-order valence-electron chi connectivity index (χ0n) is 18.3. The Morgan fingerprint density at radius 1 is 0.735 bits per heavy atom. The zero-order chi connectivity index (χ0) is 23.2. The molecule has 0 aliphatic carbocycles. The molecule has 0 saturated heterocycles. The molecule has 0 fully saturated rings. The molecule has 0 N–H and O–H groups in total. The summed E-state index contributed by atoms with van der Waals surface area (Å²) >= 11 is 11.8.